The molecule has 0 bridgehead atoms. The average molecular weight is 461 g/mol. The highest BCUT2D eigenvalue weighted by Crippen LogP contribution is 2.22. The molecule has 2 fully saturated rings. The molecular weight excluding hydrogens is 428 g/mol. The van der Waals surface area contributed by atoms with E-state index in [0.29, 0.717) is 17.4 Å². The molecule has 3 heterocycles. The molecule has 2 aliphatic rings. The number of nitrogens with one attached hydrogen (secondary N) is 3. The van der Waals surface area contributed by atoms with Crippen molar-refractivity contribution in [2.75, 3.05) is 48.3 Å². The summed E-state index contributed by atoms with van der Waals surface area (Å²) in [5.41, 5.74) is 2.68. The first kappa shape index (κ1) is 22.3. The smallest absolute Gasteiger partial charge is 0.323 e. The summed E-state index contributed by atoms with van der Waals surface area (Å²) in [7, 11) is 1.74. The van der Waals surface area contributed by atoms with Crippen molar-refractivity contribution < 1.29 is 4.79 Å². The van der Waals surface area contributed by atoms with E-state index in [4.69, 9.17) is 0 Å². The first-order valence-corrected chi connectivity index (χ1v) is 12.2. The molecule has 3 aromatic rings. The van der Waals surface area contributed by atoms with E-state index in [9.17, 15) is 4.79 Å². The Morgan fingerprint density at radius 2 is 1.79 bits per heavy atom. The van der Waals surface area contributed by atoms with E-state index in [0.717, 1.165) is 50.1 Å². The van der Waals surface area contributed by atoms with Crippen molar-refractivity contribution in [3.63, 3.8) is 0 Å². The minimum absolute atomic E-state index is 0.129. The molecule has 178 valence electrons. The quantitative estimate of drug-likeness (QED) is 0.534. The maximum atomic E-state index is 12.7. The van der Waals surface area contributed by atoms with E-state index in [1.54, 1.807) is 18.1 Å². The normalized spacial score (nSPS) is 16.9. The summed E-state index contributed by atoms with van der Waals surface area (Å²) in [5.74, 6) is 1.03. The molecule has 0 spiro atoms. The van der Waals surface area contributed by atoms with Crippen LogP contribution in [0.25, 0.3) is 11.0 Å². The zero-order valence-electron chi connectivity index (χ0n) is 19.6. The van der Waals surface area contributed by atoms with Crippen LogP contribution >= 0.6 is 0 Å². The monoisotopic (exact) mass is 460 g/mol. The van der Waals surface area contributed by atoms with Crippen LogP contribution in [0, 0.1) is 0 Å². The molecule has 1 saturated carbocycles. The molecule has 1 aromatic carbocycles. The van der Waals surface area contributed by atoms with E-state index in [-0.39, 0.29) is 12.1 Å². The predicted molar refractivity (Wildman–Crippen MR) is 136 cm³/mol. The number of hydrogen-bond acceptors (Lipinski definition) is 7. The van der Waals surface area contributed by atoms with Crippen molar-refractivity contribution in [2.24, 2.45) is 0 Å². The Bertz CT molecular complexity index is 1120. The number of anilines is 4. The maximum Gasteiger partial charge on any atom is 0.323 e. The van der Waals surface area contributed by atoms with E-state index >= 15 is 0 Å². The second-order valence-corrected chi connectivity index (χ2v) is 9.03. The molecule has 5 rings (SSSR count). The van der Waals surface area contributed by atoms with Crippen molar-refractivity contribution in [1.29, 1.82) is 0 Å². The van der Waals surface area contributed by atoms with Gasteiger partial charge in [-0.1, -0.05) is 19.3 Å². The molecular formula is C25H32N8O. The summed E-state index contributed by atoms with van der Waals surface area (Å²) in [4.78, 5) is 30.3. The van der Waals surface area contributed by atoms with Gasteiger partial charge in [-0.2, -0.15) is 4.98 Å². The van der Waals surface area contributed by atoms with Crippen molar-refractivity contribution >= 4 is 40.2 Å². The SMILES string of the molecule is CN(C(=O)NC1CCCCC1)c1ccc2cnc(Nc3ccc(N4CCNCC4)cc3)nc2n1. The van der Waals surface area contributed by atoms with Crippen LogP contribution in [-0.2, 0) is 0 Å². The van der Waals surface area contributed by atoms with E-state index < -0.39 is 0 Å². The largest absolute Gasteiger partial charge is 0.369 e. The van der Waals surface area contributed by atoms with Gasteiger partial charge in [-0.15, -0.1) is 0 Å². The van der Waals surface area contributed by atoms with Gasteiger partial charge in [0.15, 0.2) is 5.65 Å². The Labute approximate surface area is 200 Å². The lowest BCUT2D eigenvalue weighted by Crippen LogP contribution is -2.44. The summed E-state index contributed by atoms with van der Waals surface area (Å²) in [6, 6.07) is 12.2. The van der Waals surface area contributed by atoms with Crippen LogP contribution in [0.4, 0.5) is 27.9 Å². The minimum atomic E-state index is -0.129. The third kappa shape index (κ3) is 5.20. The van der Waals surface area contributed by atoms with Crippen LogP contribution < -0.4 is 25.8 Å². The summed E-state index contributed by atoms with van der Waals surface area (Å²) < 4.78 is 0. The van der Waals surface area contributed by atoms with Crippen LogP contribution in [0.3, 0.4) is 0 Å². The Hall–Kier alpha value is -3.46. The second kappa shape index (κ2) is 10.2. The number of fused-ring (bicyclic) bond motifs is 1. The van der Waals surface area contributed by atoms with Gasteiger partial charge < -0.3 is 20.9 Å². The van der Waals surface area contributed by atoms with Crippen LogP contribution in [0.2, 0.25) is 0 Å². The zero-order valence-corrected chi connectivity index (χ0v) is 19.6. The summed E-state index contributed by atoms with van der Waals surface area (Å²) in [5, 5.41) is 10.6. The Morgan fingerprint density at radius 3 is 2.56 bits per heavy atom. The number of hydrogen-bond donors (Lipinski definition) is 3. The van der Waals surface area contributed by atoms with Crippen LogP contribution in [0.15, 0.2) is 42.6 Å². The molecule has 1 saturated heterocycles. The number of pyridine rings is 1. The lowest BCUT2D eigenvalue weighted by molar-refractivity contribution is 0.239. The molecule has 0 atom stereocenters. The van der Waals surface area contributed by atoms with Crippen LogP contribution in [-0.4, -0.2) is 60.3 Å². The summed E-state index contributed by atoms with van der Waals surface area (Å²) in [6.07, 6.45) is 7.44. The molecule has 34 heavy (non-hydrogen) atoms. The summed E-state index contributed by atoms with van der Waals surface area (Å²) in [6.45, 7) is 4.05. The van der Waals surface area contributed by atoms with E-state index in [1.165, 1.54) is 24.9 Å². The fourth-order valence-electron chi connectivity index (χ4n) is 4.58. The number of aromatic nitrogens is 3. The third-order valence-corrected chi connectivity index (χ3v) is 6.61. The maximum absolute atomic E-state index is 12.7. The Kier molecular flexibility index (Phi) is 6.71. The molecule has 1 aliphatic carbocycles. The molecule has 2 amide bonds. The number of nitrogens with zero attached hydrogens (tertiary/aromatic N) is 5. The van der Waals surface area contributed by atoms with Gasteiger partial charge in [0.1, 0.15) is 5.82 Å². The fourth-order valence-corrected chi connectivity index (χ4v) is 4.58. The molecule has 9 nitrogen and oxygen atoms in total. The van der Waals surface area contributed by atoms with Gasteiger partial charge in [0.2, 0.25) is 5.95 Å². The molecule has 3 N–H and O–H groups in total. The highest BCUT2D eigenvalue weighted by molar-refractivity contribution is 5.92. The summed E-state index contributed by atoms with van der Waals surface area (Å²) >= 11 is 0. The van der Waals surface area contributed by atoms with Crippen molar-refractivity contribution in [1.82, 2.24) is 25.6 Å². The Balaban J connectivity index is 1.27. The van der Waals surface area contributed by atoms with Crippen molar-refractivity contribution in [2.45, 2.75) is 38.1 Å². The van der Waals surface area contributed by atoms with Crippen molar-refractivity contribution in [3.05, 3.63) is 42.6 Å². The van der Waals surface area contributed by atoms with Crippen LogP contribution in [0.5, 0.6) is 0 Å². The number of carbonyl (C=O) groups excluding carboxylic acids is 1. The van der Waals surface area contributed by atoms with Gasteiger partial charge in [0.25, 0.3) is 0 Å². The van der Waals surface area contributed by atoms with E-state index in [1.807, 2.05) is 24.3 Å². The number of amides is 2. The lowest BCUT2D eigenvalue weighted by Gasteiger charge is -2.29. The molecule has 1 aliphatic heterocycles. The zero-order chi connectivity index (χ0) is 23.3. The van der Waals surface area contributed by atoms with Gasteiger partial charge in [0.05, 0.1) is 0 Å². The minimum Gasteiger partial charge on any atom is -0.369 e. The van der Waals surface area contributed by atoms with E-state index in [2.05, 4.69) is 47.9 Å². The first-order chi connectivity index (χ1) is 16.7. The number of benzene rings is 1. The van der Waals surface area contributed by atoms with Gasteiger partial charge >= 0.3 is 6.03 Å². The number of urea groups is 1. The first-order valence-electron chi connectivity index (χ1n) is 12.2. The average Bonchev–Trinajstić information content (AvgIpc) is 2.89. The molecule has 0 radical (unpaired) electrons. The Morgan fingerprint density at radius 1 is 1.03 bits per heavy atom. The predicted octanol–water partition coefficient (Wildman–Crippen LogP) is 3.66. The third-order valence-electron chi connectivity index (χ3n) is 6.61. The van der Waals surface area contributed by atoms with Crippen molar-refractivity contribution in [3.8, 4) is 0 Å². The molecule has 0 unspecified atom stereocenters. The van der Waals surface area contributed by atoms with Gasteiger partial charge in [-0.25, -0.2) is 14.8 Å². The second-order valence-electron chi connectivity index (χ2n) is 9.03. The number of rotatable bonds is 5. The van der Waals surface area contributed by atoms with Gasteiger partial charge in [-0.3, -0.25) is 4.90 Å². The fraction of sp³-hybridized carbons (Fsp3) is 0.440. The number of piperazine rings is 1. The van der Waals surface area contributed by atoms with Gasteiger partial charge in [0, 0.05) is 62.2 Å². The topological polar surface area (TPSA) is 98.3 Å². The van der Waals surface area contributed by atoms with Gasteiger partial charge in [-0.05, 0) is 49.2 Å². The molecule has 2 aromatic heterocycles. The molecule has 9 heteroatoms. The number of carbonyl (C=O) groups is 1. The highest BCUT2D eigenvalue weighted by Gasteiger charge is 2.19. The highest BCUT2D eigenvalue weighted by atomic mass is 16.2. The lowest BCUT2D eigenvalue weighted by atomic mass is 9.96. The standard InChI is InChI=1S/C25H32N8O/c1-32(25(34)29-19-5-3-2-4-6-19)22-12-7-18-17-27-24(31-23(18)30-22)28-20-8-10-21(11-9-20)33-15-13-26-14-16-33/h7-12,17,19,26H,2-6,13-16H2,1H3,(H,29,34)(H,27,28,30,31). The van der Waals surface area contributed by atoms with Crippen LogP contribution in [0.1, 0.15) is 32.1 Å².